The van der Waals surface area contributed by atoms with E-state index in [1.165, 1.54) is 0 Å². The Balaban J connectivity index is 1.56. The molecule has 2 atom stereocenters. The second kappa shape index (κ2) is 7.27. The normalized spacial score (nSPS) is 21.0. The molecule has 9 nitrogen and oxygen atoms in total. The maximum atomic E-state index is 12.5. The maximum absolute atomic E-state index is 12.5. The molecule has 1 unspecified atom stereocenters. The number of para-hydroxylation sites is 1. The molecule has 0 aliphatic carbocycles. The van der Waals surface area contributed by atoms with E-state index in [0.29, 0.717) is 5.82 Å². The van der Waals surface area contributed by atoms with Crippen molar-refractivity contribution in [1.82, 2.24) is 35.2 Å². The Morgan fingerprint density at radius 3 is 3.03 bits per heavy atom. The molecule has 2 aromatic heterocycles. The van der Waals surface area contributed by atoms with Crippen molar-refractivity contribution in [2.24, 2.45) is 7.05 Å². The van der Waals surface area contributed by atoms with Crippen molar-refractivity contribution in [2.75, 3.05) is 11.9 Å². The molecule has 1 aromatic carbocycles. The third kappa shape index (κ3) is 3.32. The van der Waals surface area contributed by atoms with Crippen LogP contribution < -0.4 is 16.0 Å². The summed E-state index contributed by atoms with van der Waals surface area (Å²) in [4.78, 5) is 17.3. The first-order valence-corrected chi connectivity index (χ1v) is 10.4. The van der Waals surface area contributed by atoms with E-state index < -0.39 is 6.29 Å². The lowest BCUT2D eigenvalue weighted by Gasteiger charge is -2.31. The average Bonchev–Trinajstić information content (AvgIpc) is 3.29. The summed E-state index contributed by atoms with van der Waals surface area (Å²) in [7, 11) is 1.86. The average molecular weight is 457 g/mol. The highest BCUT2D eigenvalue weighted by Crippen LogP contribution is 2.39. The van der Waals surface area contributed by atoms with Crippen molar-refractivity contribution >= 4 is 27.5 Å². The van der Waals surface area contributed by atoms with Gasteiger partial charge in [-0.1, -0.05) is 6.07 Å². The molecule has 4 heterocycles. The fourth-order valence-corrected chi connectivity index (χ4v) is 4.28. The topological polar surface area (TPSA) is 102 Å². The van der Waals surface area contributed by atoms with Crippen molar-refractivity contribution in [3.05, 3.63) is 35.1 Å². The highest BCUT2D eigenvalue weighted by atomic mass is 79.9. The van der Waals surface area contributed by atoms with Gasteiger partial charge in [0.1, 0.15) is 0 Å². The van der Waals surface area contributed by atoms with Gasteiger partial charge >= 0.3 is 0 Å². The molecular formula is C19H21BrN8O. The zero-order valence-corrected chi connectivity index (χ0v) is 17.5. The SMILES string of the molecule is Cn1cc(-c2nc3n(n2)C(N[C@H]2CCCCNC2=O)Nc2c(Br)cccc2-3)cn1. The number of carbonyl (C=O) groups is 1. The Morgan fingerprint density at radius 2 is 2.21 bits per heavy atom. The lowest BCUT2D eigenvalue weighted by molar-refractivity contribution is -0.123. The third-order valence-corrected chi connectivity index (χ3v) is 5.93. The van der Waals surface area contributed by atoms with Gasteiger partial charge in [0, 0.05) is 29.8 Å². The van der Waals surface area contributed by atoms with E-state index in [1.807, 2.05) is 36.1 Å². The van der Waals surface area contributed by atoms with Crippen LogP contribution in [0.2, 0.25) is 0 Å². The molecular weight excluding hydrogens is 436 g/mol. The molecule has 1 saturated heterocycles. The number of carbonyl (C=O) groups excluding carboxylic acids is 1. The lowest BCUT2D eigenvalue weighted by atomic mass is 10.1. The number of amides is 1. The quantitative estimate of drug-likeness (QED) is 0.558. The zero-order valence-electron chi connectivity index (χ0n) is 15.9. The van der Waals surface area contributed by atoms with Gasteiger partial charge in [0.2, 0.25) is 5.91 Å². The summed E-state index contributed by atoms with van der Waals surface area (Å²) in [5.74, 6) is 1.36. The minimum atomic E-state index is -0.400. The number of aryl methyl sites for hydroxylation is 1. The predicted octanol–water partition coefficient (Wildman–Crippen LogP) is 2.25. The van der Waals surface area contributed by atoms with Crippen molar-refractivity contribution in [1.29, 1.82) is 0 Å². The fourth-order valence-electron chi connectivity index (χ4n) is 3.80. The standard InChI is InChI=1S/C19H21BrN8O/c1-27-10-11(9-22-27)16-25-17-12-5-4-6-13(20)15(12)24-19(28(17)26-16)23-14-7-2-3-8-21-18(14)29/h4-6,9-10,14,19,23-24H,2-3,7-8H2,1H3,(H,21,29)/t14-,19?/m0/s1. The van der Waals surface area contributed by atoms with Crippen LogP contribution in [-0.2, 0) is 11.8 Å². The molecule has 10 heteroatoms. The minimum Gasteiger partial charge on any atom is -0.355 e. The first kappa shape index (κ1) is 18.3. The Bertz CT molecular complexity index is 1070. The number of fused-ring (bicyclic) bond motifs is 3. The second-order valence-corrected chi connectivity index (χ2v) is 8.18. The number of nitrogens with one attached hydrogen (secondary N) is 3. The van der Waals surface area contributed by atoms with E-state index in [9.17, 15) is 4.79 Å². The summed E-state index contributed by atoms with van der Waals surface area (Å²) in [6, 6.07) is 5.67. The number of hydrogen-bond acceptors (Lipinski definition) is 6. The number of halogens is 1. The Labute approximate surface area is 176 Å². The van der Waals surface area contributed by atoms with Crippen LogP contribution in [0.3, 0.4) is 0 Å². The van der Waals surface area contributed by atoms with Gasteiger partial charge in [-0.2, -0.15) is 5.10 Å². The number of nitrogens with zero attached hydrogens (tertiary/aromatic N) is 5. The van der Waals surface area contributed by atoms with Gasteiger partial charge in [0.05, 0.1) is 23.5 Å². The Kier molecular flexibility index (Phi) is 4.59. The van der Waals surface area contributed by atoms with E-state index in [0.717, 1.165) is 52.9 Å². The molecule has 29 heavy (non-hydrogen) atoms. The molecule has 1 amide bonds. The molecule has 150 valence electrons. The van der Waals surface area contributed by atoms with E-state index in [4.69, 9.17) is 10.1 Å². The van der Waals surface area contributed by atoms with Gasteiger partial charge in [0.15, 0.2) is 17.9 Å². The highest BCUT2D eigenvalue weighted by Gasteiger charge is 2.32. The first-order chi connectivity index (χ1) is 14.1. The third-order valence-electron chi connectivity index (χ3n) is 5.27. The van der Waals surface area contributed by atoms with Crippen LogP contribution in [-0.4, -0.2) is 43.0 Å². The number of benzene rings is 1. The van der Waals surface area contributed by atoms with Gasteiger partial charge in [-0.15, -0.1) is 5.10 Å². The van der Waals surface area contributed by atoms with Gasteiger partial charge in [-0.3, -0.25) is 14.8 Å². The van der Waals surface area contributed by atoms with Crippen LogP contribution in [0.15, 0.2) is 35.1 Å². The van der Waals surface area contributed by atoms with Gasteiger partial charge in [-0.05, 0) is 47.3 Å². The molecule has 0 radical (unpaired) electrons. The van der Waals surface area contributed by atoms with Gasteiger partial charge in [-0.25, -0.2) is 9.67 Å². The Morgan fingerprint density at radius 1 is 1.31 bits per heavy atom. The molecule has 0 spiro atoms. The second-order valence-electron chi connectivity index (χ2n) is 7.32. The summed E-state index contributed by atoms with van der Waals surface area (Å²) < 4.78 is 4.48. The highest BCUT2D eigenvalue weighted by molar-refractivity contribution is 9.10. The first-order valence-electron chi connectivity index (χ1n) is 9.65. The predicted molar refractivity (Wildman–Crippen MR) is 112 cm³/mol. The smallest absolute Gasteiger partial charge is 0.237 e. The summed E-state index contributed by atoms with van der Waals surface area (Å²) in [6.45, 7) is 0.725. The number of rotatable bonds is 3. The number of hydrogen-bond donors (Lipinski definition) is 3. The van der Waals surface area contributed by atoms with Crippen molar-refractivity contribution in [3.63, 3.8) is 0 Å². The molecule has 0 bridgehead atoms. The molecule has 5 rings (SSSR count). The van der Waals surface area contributed by atoms with Crippen LogP contribution >= 0.6 is 15.9 Å². The van der Waals surface area contributed by atoms with Crippen LogP contribution in [0.5, 0.6) is 0 Å². The van der Waals surface area contributed by atoms with Crippen LogP contribution in [0, 0.1) is 0 Å². The van der Waals surface area contributed by atoms with Gasteiger partial charge < -0.3 is 10.6 Å². The molecule has 1 fully saturated rings. The molecule has 0 saturated carbocycles. The Hall–Kier alpha value is -2.72. The van der Waals surface area contributed by atoms with Crippen LogP contribution in [0.1, 0.15) is 25.6 Å². The summed E-state index contributed by atoms with van der Waals surface area (Å²) in [5, 5.41) is 18.9. The molecule has 3 N–H and O–H groups in total. The van der Waals surface area contributed by atoms with E-state index in [2.05, 4.69) is 37.0 Å². The van der Waals surface area contributed by atoms with E-state index in [1.54, 1.807) is 10.9 Å². The zero-order chi connectivity index (χ0) is 20.0. The largest absolute Gasteiger partial charge is 0.355 e. The van der Waals surface area contributed by atoms with Crippen LogP contribution in [0.4, 0.5) is 5.69 Å². The van der Waals surface area contributed by atoms with Gasteiger partial charge in [0.25, 0.3) is 0 Å². The molecule has 2 aliphatic heterocycles. The minimum absolute atomic E-state index is 0.0244. The fraction of sp³-hybridized carbons (Fsp3) is 0.368. The molecule has 3 aromatic rings. The van der Waals surface area contributed by atoms with Crippen molar-refractivity contribution in [2.45, 2.75) is 31.6 Å². The summed E-state index contributed by atoms with van der Waals surface area (Å²) in [6.07, 6.45) is 6.01. The van der Waals surface area contributed by atoms with E-state index in [-0.39, 0.29) is 11.9 Å². The molecule has 2 aliphatic rings. The number of aromatic nitrogens is 5. The maximum Gasteiger partial charge on any atom is 0.237 e. The van der Waals surface area contributed by atoms with Crippen LogP contribution in [0.25, 0.3) is 22.8 Å². The van der Waals surface area contributed by atoms with Crippen molar-refractivity contribution in [3.8, 4) is 22.8 Å². The summed E-state index contributed by atoms with van der Waals surface area (Å²) in [5.41, 5.74) is 2.72. The number of anilines is 1. The van der Waals surface area contributed by atoms with E-state index >= 15 is 0 Å². The monoisotopic (exact) mass is 456 g/mol. The summed E-state index contributed by atoms with van der Waals surface area (Å²) >= 11 is 3.63. The van der Waals surface area contributed by atoms with Crippen molar-refractivity contribution < 1.29 is 4.79 Å². The lowest BCUT2D eigenvalue weighted by Crippen LogP contribution is -2.49.